The first-order chi connectivity index (χ1) is 12.9. The Bertz CT molecular complexity index is 982. The predicted octanol–water partition coefficient (Wildman–Crippen LogP) is 2.55. The molecule has 2 heterocycles. The van der Waals surface area contributed by atoms with Gasteiger partial charge in [0.05, 0.1) is 23.0 Å². The molecule has 3 rings (SSSR count). The van der Waals surface area contributed by atoms with Gasteiger partial charge in [-0.3, -0.25) is 9.59 Å². The number of carbonyl (C=O) groups excluding carboxylic acids is 2. The van der Waals surface area contributed by atoms with E-state index in [1.54, 1.807) is 18.2 Å². The molecule has 0 aliphatic carbocycles. The van der Waals surface area contributed by atoms with E-state index in [9.17, 15) is 14.7 Å². The number of hydrazone groups is 1. The number of hydrogen-bond acceptors (Lipinski definition) is 6. The van der Waals surface area contributed by atoms with Crippen LogP contribution in [0.25, 0.3) is 0 Å². The number of rotatable bonds is 5. The van der Waals surface area contributed by atoms with Crippen LogP contribution in [0.5, 0.6) is 0 Å². The van der Waals surface area contributed by atoms with Crippen LogP contribution < -0.4 is 10.7 Å². The van der Waals surface area contributed by atoms with Gasteiger partial charge >= 0.3 is 0 Å². The van der Waals surface area contributed by atoms with Crippen molar-refractivity contribution >= 4 is 46.4 Å². The zero-order valence-electron chi connectivity index (χ0n) is 13.6. The number of nitrogens with zero attached hydrogens (tertiary/aromatic N) is 2. The van der Waals surface area contributed by atoms with Crippen LogP contribution in [0.2, 0.25) is 10.0 Å². The lowest BCUT2D eigenvalue weighted by atomic mass is 9.89. The number of fused-ring (bicyclic) bond motifs is 1. The normalized spacial score (nSPS) is 18.6. The largest absolute Gasteiger partial charge is 0.463 e. The third-order valence-electron chi connectivity index (χ3n) is 3.92. The van der Waals surface area contributed by atoms with Gasteiger partial charge in [0.2, 0.25) is 0 Å². The minimum absolute atomic E-state index is 0.0767. The van der Waals surface area contributed by atoms with E-state index in [0.29, 0.717) is 0 Å². The Morgan fingerprint density at radius 2 is 2.11 bits per heavy atom. The number of halogens is 2. The first kappa shape index (κ1) is 18.9. The zero-order valence-corrected chi connectivity index (χ0v) is 15.1. The van der Waals surface area contributed by atoms with Crippen LogP contribution in [0, 0.1) is 11.3 Å². The van der Waals surface area contributed by atoms with Crippen LogP contribution in [0.15, 0.2) is 40.0 Å². The fourth-order valence-electron chi connectivity index (χ4n) is 2.69. The fourth-order valence-corrected chi connectivity index (χ4v) is 3.20. The van der Waals surface area contributed by atoms with Gasteiger partial charge in [-0.1, -0.05) is 23.2 Å². The van der Waals surface area contributed by atoms with E-state index < -0.39 is 23.8 Å². The van der Waals surface area contributed by atoms with Crippen molar-refractivity contribution < 1.29 is 19.1 Å². The number of benzene rings is 1. The second-order valence-corrected chi connectivity index (χ2v) is 6.49. The Morgan fingerprint density at radius 1 is 1.37 bits per heavy atom. The van der Waals surface area contributed by atoms with Gasteiger partial charge in [0.15, 0.2) is 5.60 Å². The molecule has 0 saturated heterocycles. The zero-order chi connectivity index (χ0) is 19.6. The van der Waals surface area contributed by atoms with Crippen molar-refractivity contribution in [2.45, 2.75) is 18.4 Å². The molecule has 27 heavy (non-hydrogen) atoms. The van der Waals surface area contributed by atoms with Crippen LogP contribution in [0.3, 0.4) is 0 Å². The number of nitrogens with one attached hydrogen (secondary N) is 2. The van der Waals surface area contributed by atoms with Crippen LogP contribution in [-0.2, 0) is 15.2 Å². The number of hydrogen-bond donors (Lipinski definition) is 3. The minimum Gasteiger partial charge on any atom is -0.463 e. The van der Waals surface area contributed by atoms with Crippen molar-refractivity contribution in [2.75, 3.05) is 5.32 Å². The van der Waals surface area contributed by atoms with E-state index in [4.69, 9.17) is 32.9 Å². The van der Waals surface area contributed by atoms with Crippen molar-refractivity contribution in [3.8, 4) is 6.07 Å². The Kier molecular flexibility index (Phi) is 5.19. The first-order valence-corrected chi connectivity index (χ1v) is 8.41. The highest BCUT2D eigenvalue weighted by molar-refractivity contribution is 6.38. The van der Waals surface area contributed by atoms with Crippen LogP contribution in [0.1, 0.15) is 24.2 Å². The maximum atomic E-state index is 12.5. The molecule has 0 fully saturated rings. The monoisotopic (exact) mass is 406 g/mol. The number of furan rings is 1. The fraction of sp³-hybridized carbons (Fsp3) is 0.176. The summed E-state index contributed by atoms with van der Waals surface area (Å²) < 4.78 is 5.27. The minimum atomic E-state index is -2.08. The van der Waals surface area contributed by atoms with Gasteiger partial charge in [-0.25, -0.2) is 5.43 Å². The molecule has 3 N–H and O–H groups in total. The predicted molar refractivity (Wildman–Crippen MR) is 97.2 cm³/mol. The molecule has 1 aromatic carbocycles. The van der Waals surface area contributed by atoms with E-state index in [1.807, 2.05) is 0 Å². The second-order valence-electron chi connectivity index (χ2n) is 5.68. The molecule has 0 radical (unpaired) electrons. The van der Waals surface area contributed by atoms with E-state index in [-0.39, 0.29) is 39.2 Å². The molecule has 0 saturated carbocycles. The summed E-state index contributed by atoms with van der Waals surface area (Å²) >= 11 is 12.3. The molecule has 1 aromatic heterocycles. The molecule has 0 bridgehead atoms. The number of aliphatic hydroxyl groups is 1. The summed E-state index contributed by atoms with van der Waals surface area (Å²) in [4.78, 5) is 24.1. The quantitative estimate of drug-likeness (QED) is 0.519. The Hall–Kier alpha value is -2.86. The van der Waals surface area contributed by atoms with Gasteiger partial charge in [-0.05, 0) is 24.3 Å². The topological polar surface area (TPSA) is 128 Å². The number of amides is 2. The van der Waals surface area contributed by atoms with Crippen molar-refractivity contribution in [1.82, 2.24) is 5.43 Å². The van der Waals surface area contributed by atoms with Gasteiger partial charge in [0.25, 0.3) is 11.8 Å². The van der Waals surface area contributed by atoms with Crippen molar-refractivity contribution in [1.29, 1.82) is 5.26 Å². The highest BCUT2D eigenvalue weighted by Gasteiger charge is 2.49. The molecule has 10 heteroatoms. The van der Waals surface area contributed by atoms with Crippen molar-refractivity contribution in [3.63, 3.8) is 0 Å². The molecule has 1 atom stereocenters. The SMILES string of the molecule is N#CCC(=O)N/N=C(\CC1(O)C(=O)Nc2c(Cl)ccc(Cl)c21)c1ccco1. The summed E-state index contributed by atoms with van der Waals surface area (Å²) in [5.74, 6) is -1.17. The maximum absolute atomic E-state index is 12.5. The van der Waals surface area contributed by atoms with E-state index >= 15 is 0 Å². The smallest absolute Gasteiger partial charge is 0.261 e. The average molecular weight is 407 g/mol. The first-order valence-electron chi connectivity index (χ1n) is 7.65. The summed E-state index contributed by atoms with van der Waals surface area (Å²) in [7, 11) is 0. The summed E-state index contributed by atoms with van der Waals surface area (Å²) in [5.41, 5.74) is 0.516. The molecule has 0 spiro atoms. The molecular weight excluding hydrogens is 395 g/mol. The lowest BCUT2D eigenvalue weighted by Gasteiger charge is -2.22. The number of nitriles is 1. The van der Waals surface area contributed by atoms with Crippen LogP contribution in [0.4, 0.5) is 5.69 Å². The van der Waals surface area contributed by atoms with Crippen LogP contribution in [-0.4, -0.2) is 22.6 Å². The summed E-state index contributed by atoms with van der Waals surface area (Å²) in [5, 5.41) is 26.5. The van der Waals surface area contributed by atoms with Crippen molar-refractivity contribution in [3.05, 3.63) is 51.9 Å². The molecule has 1 unspecified atom stereocenters. The van der Waals surface area contributed by atoms with E-state index in [0.717, 1.165) is 0 Å². The lowest BCUT2D eigenvalue weighted by Crippen LogP contribution is -2.37. The molecule has 2 amide bonds. The van der Waals surface area contributed by atoms with E-state index in [1.165, 1.54) is 18.4 Å². The summed E-state index contributed by atoms with van der Waals surface area (Å²) in [6, 6.07) is 7.78. The Balaban J connectivity index is 2.01. The van der Waals surface area contributed by atoms with Gasteiger partial charge in [-0.15, -0.1) is 0 Å². The van der Waals surface area contributed by atoms with Gasteiger partial charge in [0.1, 0.15) is 17.9 Å². The number of anilines is 1. The molecule has 138 valence electrons. The van der Waals surface area contributed by atoms with Crippen LogP contribution >= 0.6 is 23.2 Å². The molecule has 8 nitrogen and oxygen atoms in total. The molecule has 1 aliphatic rings. The lowest BCUT2D eigenvalue weighted by molar-refractivity contribution is -0.132. The molecular formula is C17H12Cl2N4O4. The summed E-state index contributed by atoms with van der Waals surface area (Å²) in [6.45, 7) is 0. The second kappa shape index (κ2) is 7.40. The number of carbonyl (C=O) groups is 2. The Labute approximate surface area is 163 Å². The maximum Gasteiger partial charge on any atom is 0.261 e. The molecule has 1 aliphatic heterocycles. The average Bonchev–Trinajstić information content (AvgIpc) is 3.24. The standard InChI is InChI=1S/C17H12Cl2N4O4/c18-9-3-4-10(19)15-14(9)17(26,16(25)21-15)8-11(12-2-1-7-27-12)22-23-13(24)5-6-20/h1-4,7,26H,5,8H2,(H,21,25)(H,23,24)/b22-11+. The van der Waals surface area contributed by atoms with Gasteiger partial charge in [0, 0.05) is 17.0 Å². The third-order valence-corrected chi connectivity index (χ3v) is 4.55. The van der Waals surface area contributed by atoms with E-state index in [2.05, 4.69) is 15.8 Å². The highest BCUT2D eigenvalue weighted by Crippen LogP contribution is 2.46. The third kappa shape index (κ3) is 3.53. The van der Waals surface area contributed by atoms with Crippen molar-refractivity contribution in [2.24, 2.45) is 5.10 Å². The highest BCUT2D eigenvalue weighted by atomic mass is 35.5. The van der Waals surface area contributed by atoms with Gasteiger partial charge in [-0.2, -0.15) is 10.4 Å². The molecule has 2 aromatic rings. The van der Waals surface area contributed by atoms with Gasteiger partial charge < -0.3 is 14.8 Å². The summed E-state index contributed by atoms with van der Waals surface area (Å²) in [6.07, 6.45) is 0.620. The Morgan fingerprint density at radius 3 is 2.78 bits per heavy atom.